The molecule has 0 bridgehead atoms. The van der Waals surface area contributed by atoms with E-state index in [4.69, 9.17) is 17.3 Å². The molecule has 2 amide bonds. The number of fused-ring (bicyclic) bond motifs is 1. The first kappa shape index (κ1) is 14.8. The molecule has 0 aliphatic carbocycles. The van der Waals surface area contributed by atoms with Gasteiger partial charge in [0.25, 0.3) is 0 Å². The number of rotatable bonds is 4. The summed E-state index contributed by atoms with van der Waals surface area (Å²) in [5, 5.41) is 5.92. The molecule has 0 aromatic heterocycles. The van der Waals surface area contributed by atoms with Crippen LogP contribution in [0.25, 0.3) is 0 Å². The lowest BCUT2D eigenvalue weighted by Crippen LogP contribution is -2.39. The van der Waals surface area contributed by atoms with Gasteiger partial charge in [0.2, 0.25) is 11.8 Å². The Bertz CT molecular complexity index is 568. The molecule has 1 heterocycles. The van der Waals surface area contributed by atoms with Gasteiger partial charge in [-0.3, -0.25) is 9.59 Å². The highest BCUT2D eigenvalue weighted by Gasteiger charge is 2.30. The van der Waals surface area contributed by atoms with Crippen molar-refractivity contribution in [3.63, 3.8) is 0 Å². The highest BCUT2D eigenvalue weighted by molar-refractivity contribution is 6.34. The number of anilines is 2. The Balaban J connectivity index is 2.25. The van der Waals surface area contributed by atoms with Gasteiger partial charge in [0.1, 0.15) is 0 Å². The van der Waals surface area contributed by atoms with Gasteiger partial charge in [-0.25, -0.2) is 0 Å². The highest BCUT2D eigenvalue weighted by Crippen LogP contribution is 2.34. The fourth-order valence-electron chi connectivity index (χ4n) is 2.01. The molecule has 2 rings (SSSR count). The normalized spacial score (nSPS) is 16.3. The van der Waals surface area contributed by atoms with Crippen LogP contribution in [0.1, 0.15) is 25.8 Å². The van der Waals surface area contributed by atoms with Gasteiger partial charge in [0, 0.05) is 12.2 Å². The molecule has 6 heteroatoms. The maximum Gasteiger partial charge on any atom is 0.231 e. The van der Waals surface area contributed by atoms with Crippen LogP contribution in [0.4, 0.5) is 11.4 Å². The number of amides is 2. The lowest BCUT2D eigenvalue weighted by atomic mass is 9.86. The van der Waals surface area contributed by atoms with Crippen molar-refractivity contribution in [2.45, 2.75) is 26.7 Å². The first-order valence-corrected chi connectivity index (χ1v) is 6.91. The lowest BCUT2D eigenvalue weighted by Gasteiger charge is -2.25. The minimum atomic E-state index is -0.629. The van der Waals surface area contributed by atoms with E-state index in [-0.39, 0.29) is 18.4 Å². The summed E-state index contributed by atoms with van der Waals surface area (Å²) < 4.78 is 0. The fraction of sp³-hybridized carbons (Fsp3) is 0.429. The summed E-state index contributed by atoms with van der Waals surface area (Å²) in [5.74, 6) is -0.235. The molecule has 1 aromatic rings. The fourth-order valence-corrected chi connectivity index (χ4v) is 2.23. The van der Waals surface area contributed by atoms with E-state index in [1.54, 1.807) is 12.1 Å². The monoisotopic (exact) mass is 295 g/mol. The van der Waals surface area contributed by atoms with E-state index in [0.29, 0.717) is 29.2 Å². The van der Waals surface area contributed by atoms with Crippen LogP contribution in [0.15, 0.2) is 12.1 Å². The second-order valence-corrected chi connectivity index (χ2v) is 5.69. The summed E-state index contributed by atoms with van der Waals surface area (Å²) in [7, 11) is 0. The smallest absolute Gasteiger partial charge is 0.231 e. The molecule has 1 aliphatic heterocycles. The van der Waals surface area contributed by atoms with Crippen LogP contribution in [-0.2, 0) is 16.0 Å². The van der Waals surface area contributed by atoms with E-state index < -0.39 is 5.41 Å². The van der Waals surface area contributed by atoms with Gasteiger partial charge in [-0.1, -0.05) is 18.5 Å². The number of hydrogen-bond donors (Lipinski definition) is 3. The Morgan fingerprint density at radius 3 is 2.85 bits per heavy atom. The molecule has 0 spiro atoms. The van der Waals surface area contributed by atoms with Crippen LogP contribution in [0.2, 0.25) is 5.02 Å². The van der Waals surface area contributed by atoms with Crippen molar-refractivity contribution in [3.05, 3.63) is 22.7 Å². The van der Waals surface area contributed by atoms with E-state index in [9.17, 15) is 9.59 Å². The second kappa shape index (κ2) is 5.42. The van der Waals surface area contributed by atoms with Gasteiger partial charge in [-0.2, -0.15) is 0 Å². The van der Waals surface area contributed by atoms with E-state index in [1.165, 1.54) is 0 Å². The number of nitrogens with two attached hydrogens (primary N) is 1. The summed E-state index contributed by atoms with van der Waals surface area (Å²) >= 11 is 6.14. The summed E-state index contributed by atoms with van der Waals surface area (Å²) in [6.45, 7) is 3.99. The van der Waals surface area contributed by atoms with Gasteiger partial charge in [0.05, 0.1) is 22.5 Å². The molecule has 1 atom stereocenters. The van der Waals surface area contributed by atoms with Gasteiger partial charge < -0.3 is 16.4 Å². The quantitative estimate of drug-likeness (QED) is 0.796. The van der Waals surface area contributed by atoms with E-state index >= 15 is 0 Å². The molecule has 1 unspecified atom stereocenters. The average molecular weight is 296 g/mol. The Hall–Kier alpha value is -1.59. The van der Waals surface area contributed by atoms with E-state index in [1.807, 2.05) is 13.8 Å². The summed E-state index contributed by atoms with van der Waals surface area (Å²) in [6, 6.07) is 3.39. The molecule has 0 saturated carbocycles. The molecule has 0 saturated heterocycles. The summed E-state index contributed by atoms with van der Waals surface area (Å²) in [6.07, 6.45) is 0.940. The van der Waals surface area contributed by atoms with Crippen molar-refractivity contribution in [1.82, 2.24) is 0 Å². The second-order valence-electron chi connectivity index (χ2n) is 5.29. The van der Waals surface area contributed by atoms with Gasteiger partial charge in [-0.15, -0.1) is 0 Å². The zero-order chi connectivity index (χ0) is 14.9. The molecule has 0 fully saturated rings. The minimum absolute atomic E-state index is 0.0695. The average Bonchev–Trinajstić information content (AvgIpc) is 2.77. The van der Waals surface area contributed by atoms with Crippen molar-refractivity contribution in [3.8, 4) is 0 Å². The molecule has 1 aromatic carbocycles. The standard InChI is InChI=1S/C14H18ClN3O2/c1-3-14(2,7-16)13(20)18-11-4-8-5-12(19)17-10(8)6-9(11)15/h4,6H,3,5,7,16H2,1-2H3,(H,17,19)(H,18,20). The Morgan fingerprint density at radius 2 is 2.25 bits per heavy atom. The van der Waals surface area contributed by atoms with Gasteiger partial charge >= 0.3 is 0 Å². The molecule has 5 nitrogen and oxygen atoms in total. The number of nitrogens with one attached hydrogen (secondary N) is 2. The number of hydrogen-bond acceptors (Lipinski definition) is 3. The van der Waals surface area contributed by atoms with Crippen molar-refractivity contribution >= 4 is 34.8 Å². The van der Waals surface area contributed by atoms with Crippen LogP contribution in [-0.4, -0.2) is 18.4 Å². The van der Waals surface area contributed by atoms with Crippen LogP contribution in [0, 0.1) is 5.41 Å². The first-order valence-electron chi connectivity index (χ1n) is 6.53. The number of carbonyl (C=O) groups excluding carboxylic acids is 2. The Morgan fingerprint density at radius 1 is 1.55 bits per heavy atom. The molecule has 20 heavy (non-hydrogen) atoms. The predicted octanol–water partition coefficient (Wildman–Crippen LogP) is 2.15. The number of benzene rings is 1. The third-order valence-electron chi connectivity index (χ3n) is 3.85. The maximum absolute atomic E-state index is 12.3. The van der Waals surface area contributed by atoms with E-state index in [2.05, 4.69) is 10.6 Å². The number of carbonyl (C=O) groups is 2. The van der Waals surface area contributed by atoms with Gasteiger partial charge in [-0.05, 0) is 31.0 Å². The van der Waals surface area contributed by atoms with Crippen LogP contribution < -0.4 is 16.4 Å². The minimum Gasteiger partial charge on any atom is -0.329 e. The zero-order valence-electron chi connectivity index (χ0n) is 11.5. The molecule has 4 N–H and O–H groups in total. The third kappa shape index (κ3) is 2.64. The predicted molar refractivity (Wildman–Crippen MR) is 79.9 cm³/mol. The van der Waals surface area contributed by atoms with Crippen LogP contribution in [0.3, 0.4) is 0 Å². The van der Waals surface area contributed by atoms with E-state index in [0.717, 1.165) is 5.56 Å². The van der Waals surface area contributed by atoms with Crippen molar-refractivity contribution < 1.29 is 9.59 Å². The highest BCUT2D eigenvalue weighted by atomic mass is 35.5. The van der Waals surface area contributed by atoms with Crippen molar-refractivity contribution in [2.75, 3.05) is 17.2 Å². The molecule has 1 aliphatic rings. The lowest BCUT2D eigenvalue weighted by molar-refractivity contribution is -0.124. The molecular weight excluding hydrogens is 278 g/mol. The summed E-state index contributed by atoms with van der Waals surface area (Å²) in [4.78, 5) is 23.6. The van der Waals surface area contributed by atoms with Crippen LogP contribution >= 0.6 is 11.6 Å². The summed E-state index contributed by atoms with van der Waals surface area (Å²) in [5.41, 5.74) is 7.09. The van der Waals surface area contributed by atoms with Gasteiger partial charge in [0.15, 0.2) is 0 Å². The third-order valence-corrected chi connectivity index (χ3v) is 4.16. The van der Waals surface area contributed by atoms with Crippen molar-refractivity contribution in [1.29, 1.82) is 0 Å². The Labute approximate surface area is 122 Å². The largest absolute Gasteiger partial charge is 0.329 e. The molecule has 0 radical (unpaired) electrons. The van der Waals surface area contributed by atoms with Crippen LogP contribution in [0.5, 0.6) is 0 Å². The first-order chi connectivity index (χ1) is 9.39. The van der Waals surface area contributed by atoms with Crippen molar-refractivity contribution in [2.24, 2.45) is 11.1 Å². The molecular formula is C14H18ClN3O2. The Kier molecular flexibility index (Phi) is 4.01. The molecule has 108 valence electrons. The number of halogens is 1. The topological polar surface area (TPSA) is 84.2 Å². The zero-order valence-corrected chi connectivity index (χ0v) is 12.3. The maximum atomic E-state index is 12.3. The SMILES string of the molecule is CCC(C)(CN)C(=O)Nc1cc2c(cc1Cl)NC(=O)C2.